The molecule has 1 saturated heterocycles. The fourth-order valence-electron chi connectivity index (χ4n) is 2.53. The average Bonchev–Trinajstić information content (AvgIpc) is 2.50. The van der Waals surface area contributed by atoms with Crippen LogP contribution < -0.4 is 4.90 Å². The Morgan fingerprint density at radius 2 is 1.70 bits per heavy atom. The van der Waals surface area contributed by atoms with Crippen molar-refractivity contribution in [2.45, 2.75) is 6.54 Å². The molecule has 3 nitrogen and oxygen atoms in total. The summed E-state index contributed by atoms with van der Waals surface area (Å²) in [5.41, 5.74) is 1.39. The third-order valence-electron chi connectivity index (χ3n) is 3.66. The van der Waals surface area contributed by atoms with Gasteiger partial charge < -0.3 is 4.90 Å². The molecule has 0 aliphatic carbocycles. The third kappa shape index (κ3) is 3.38. The summed E-state index contributed by atoms with van der Waals surface area (Å²) in [7, 11) is 0. The van der Waals surface area contributed by atoms with Gasteiger partial charge in [-0.25, -0.2) is 4.98 Å². The first-order chi connectivity index (χ1) is 9.81. The largest absolute Gasteiger partial charge is 0.354 e. The zero-order valence-electron chi connectivity index (χ0n) is 11.4. The van der Waals surface area contributed by atoms with Gasteiger partial charge in [-0.15, -0.1) is 0 Å². The molecule has 1 aliphatic rings. The van der Waals surface area contributed by atoms with Crippen molar-refractivity contribution >= 4 is 21.7 Å². The number of hydrogen-bond acceptors (Lipinski definition) is 3. The summed E-state index contributed by atoms with van der Waals surface area (Å²) in [6.45, 7) is 5.31. The van der Waals surface area contributed by atoms with Gasteiger partial charge in [-0.2, -0.15) is 0 Å². The molecule has 1 aromatic carbocycles. The lowest BCUT2D eigenvalue weighted by atomic mass is 10.2. The van der Waals surface area contributed by atoms with Crippen LogP contribution in [0.5, 0.6) is 0 Å². The summed E-state index contributed by atoms with van der Waals surface area (Å²) in [6, 6.07) is 14.8. The molecule has 0 atom stereocenters. The molecule has 0 radical (unpaired) electrons. The number of piperazine rings is 1. The predicted molar refractivity (Wildman–Crippen MR) is 85.9 cm³/mol. The molecule has 0 spiro atoms. The number of pyridine rings is 1. The second-order valence-corrected chi connectivity index (χ2v) is 6.00. The fourth-order valence-corrected chi connectivity index (χ4v) is 2.77. The number of anilines is 1. The lowest BCUT2D eigenvalue weighted by Crippen LogP contribution is -2.46. The normalized spacial score (nSPS) is 16.4. The van der Waals surface area contributed by atoms with E-state index in [9.17, 15) is 0 Å². The highest BCUT2D eigenvalue weighted by atomic mass is 79.9. The summed E-state index contributed by atoms with van der Waals surface area (Å²) in [4.78, 5) is 9.33. The van der Waals surface area contributed by atoms with Gasteiger partial charge >= 0.3 is 0 Å². The Morgan fingerprint density at radius 1 is 0.950 bits per heavy atom. The molecule has 104 valence electrons. The number of aromatic nitrogens is 1. The zero-order valence-corrected chi connectivity index (χ0v) is 13.0. The minimum absolute atomic E-state index is 1.03. The second kappa shape index (κ2) is 6.37. The SMILES string of the molecule is Brc1ccc(N2CCN(Cc3ccccc3)CC2)nc1. The summed E-state index contributed by atoms with van der Waals surface area (Å²) < 4.78 is 1.03. The van der Waals surface area contributed by atoms with Crippen LogP contribution in [0.2, 0.25) is 0 Å². The van der Waals surface area contributed by atoms with Crippen molar-refractivity contribution in [3.8, 4) is 0 Å². The van der Waals surface area contributed by atoms with Gasteiger partial charge in [0, 0.05) is 43.4 Å². The molecule has 0 bridgehead atoms. The molecule has 1 aliphatic heterocycles. The van der Waals surface area contributed by atoms with E-state index in [2.05, 4.69) is 73.2 Å². The van der Waals surface area contributed by atoms with Gasteiger partial charge in [-0.05, 0) is 33.6 Å². The molecule has 0 N–H and O–H groups in total. The molecule has 20 heavy (non-hydrogen) atoms. The van der Waals surface area contributed by atoms with E-state index in [4.69, 9.17) is 0 Å². The predicted octanol–water partition coefficient (Wildman–Crippen LogP) is 3.17. The van der Waals surface area contributed by atoms with Crippen LogP contribution in [0.25, 0.3) is 0 Å². The highest BCUT2D eigenvalue weighted by Crippen LogP contribution is 2.17. The summed E-state index contributed by atoms with van der Waals surface area (Å²) in [5.74, 6) is 1.08. The van der Waals surface area contributed by atoms with Crippen LogP contribution in [-0.2, 0) is 6.54 Å². The van der Waals surface area contributed by atoms with Gasteiger partial charge in [0.25, 0.3) is 0 Å². The second-order valence-electron chi connectivity index (χ2n) is 5.08. The topological polar surface area (TPSA) is 19.4 Å². The van der Waals surface area contributed by atoms with Gasteiger partial charge in [-0.3, -0.25) is 4.90 Å². The summed E-state index contributed by atoms with van der Waals surface area (Å²) >= 11 is 3.43. The Balaban J connectivity index is 1.55. The first-order valence-corrected chi connectivity index (χ1v) is 7.73. The first-order valence-electron chi connectivity index (χ1n) is 6.94. The molecule has 0 saturated carbocycles. The molecule has 0 amide bonds. The van der Waals surface area contributed by atoms with E-state index < -0.39 is 0 Å². The lowest BCUT2D eigenvalue weighted by molar-refractivity contribution is 0.249. The molecule has 3 rings (SSSR count). The smallest absolute Gasteiger partial charge is 0.128 e. The van der Waals surface area contributed by atoms with E-state index >= 15 is 0 Å². The molecular formula is C16H18BrN3. The molecule has 2 heterocycles. The van der Waals surface area contributed by atoms with Crippen molar-refractivity contribution in [2.24, 2.45) is 0 Å². The van der Waals surface area contributed by atoms with Crippen molar-refractivity contribution in [1.29, 1.82) is 0 Å². The lowest BCUT2D eigenvalue weighted by Gasteiger charge is -2.35. The van der Waals surface area contributed by atoms with E-state index in [1.165, 1.54) is 5.56 Å². The Hall–Kier alpha value is -1.39. The van der Waals surface area contributed by atoms with Crippen LogP contribution in [-0.4, -0.2) is 36.1 Å². The molecule has 4 heteroatoms. The van der Waals surface area contributed by atoms with Crippen molar-refractivity contribution in [3.63, 3.8) is 0 Å². The van der Waals surface area contributed by atoms with Crippen LogP contribution in [0.15, 0.2) is 53.1 Å². The molecule has 2 aromatic rings. The van der Waals surface area contributed by atoms with E-state index in [-0.39, 0.29) is 0 Å². The average molecular weight is 332 g/mol. The zero-order chi connectivity index (χ0) is 13.8. The Morgan fingerprint density at radius 3 is 2.35 bits per heavy atom. The van der Waals surface area contributed by atoms with Gasteiger partial charge in [0.1, 0.15) is 5.82 Å². The minimum Gasteiger partial charge on any atom is -0.354 e. The maximum Gasteiger partial charge on any atom is 0.128 e. The Bertz CT molecular complexity index is 533. The maximum absolute atomic E-state index is 4.47. The Labute approximate surface area is 128 Å². The van der Waals surface area contributed by atoms with Gasteiger partial charge in [0.05, 0.1) is 0 Å². The van der Waals surface area contributed by atoms with Gasteiger partial charge in [0.2, 0.25) is 0 Å². The van der Waals surface area contributed by atoms with E-state index in [0.717, 1.165) is 43.0 Å². The van der Waals surface area contributed by atoms with E-state index in [1.807, 2.05) is 6.20 Å². The summed E-state index contributed by atoms with van der Waals surface area (Å²) in [5, 5.41) is 0. The number of rotatable bonds is 3. The standard InChI is InChI=1S/C16H18BrN3/c17-15-6-7-16(18-12-15)20-10-8-19(9-11-20)13-14-4-2-1-3-5-14/h1-7,12H,8-11,13H2. The van der Waals surface area contributed by atoms with Crippen LogP contribution in [0, 0.1) is 0 Å². The molecule has 1 fully saturated rings. The summed E-state index contributed by atoms with van der Waals surface area (Å²) in [6.07, 6.45) is 1.87. The van der Waals surface area contributed by atoms with Crippen LogP contribution in [0.1, 0.15) is 5.56 Å². The molecular weight excluding hydrogens is 314 g/mol. The van der Waals surface area contributed by atoms with E-state index in [1.54, 1.807) is 0 Å². The highest BCUT2D eigenvalue weighted by Gasteiger charge is 2.17. The van der Waals surface area contributed by atoms with Crippen LogP contribution in [0.3, 0.4) is 0 Å². The number of hydrogen-bond donors (Lipinski definition) is 0. The number of halogens is 1. The third-order valence-corrected chi connectivity index (χ3v) is 4.13. The Kier molecular flexibility index (Phi) is 4.33. The number of nitrogens with zero attached hydrogens (tertiary/aromatic N) is 3. The van der Waals surface area contributed by atoms with Crippen molar-refractivity contribution < 1.29 is 0 Å². The number of benzene rings is 1. The minimum atomic E-state index is 1.03. The monoisotopic (exact) mass is 331 g/mol. The van der Waals surface area contributed by atoms with Crippen LogP contribution in [0.4, 0.5) is 5.82 Å². The quantitative estimate of drug-likeness (QED) is 0.861. The van der Waals surface area contributed by atoms with E-state index in [0.29, 0.717) is 0 Å². The van der Waals surface area contributed by atoms with Crippen molar-refractivity contribution in [3.05, 3.63) is 58.7 Å². The van der Waals surface area contributed by atoms with Gasteiger partial charge in [-0.1, -0.05) is 30.3 Å². The van der Waals surface area contributed by atoms with Crippen LogP contribution >= 0.6 is 15.9 Å². The van der Waals surface area contributed by atoms with Crippen molar-refractivity contribution in [1.82, 2.24) is 9.88 Å². The highest BCUT2D eigenvalue weighted by molar-refractivity contribution is 9.10. The molecule has 0 unspecified atom stereocenters. The fraction of sp³-hybridized carbons (Fsp3) is 0.312. The van der Waals surface area contributed by atoms with Gasteiger partial charge in [0.15, 0.2) is 0 Å². The van der Waals surface area contributed by atoms with Crippen molar-refractivity contribution in [2.75, 3.05) is 31.1 Å². The maximum atomic E-state index is 4.47. The molecule has 1 aromatic heterocycles. The first kappa shape index (κ1) is 13.6.